The van der Waals surface area contributed by atoms with E-state index in [1.807, 2.05) is 26.1 Å². The first kappa shape index (κ1) is 17.1. The van der Waals surface area contributed by atoms with Crippen LogP contribution in [0.4, 0.5) is 0 Å². The number of phenolic OH excluding ortho intramolecular Hbond substituents is 1. The molecule has 1 aliphatic carbocycles. The van der Waals surface area contributed by atoms with Crippen LogP contribution in [0.2, 0.25) is 0 Å². The molecule has 0 spiro atoms. The number of aromatic hydroxyl groups is 1. The highest BCUT2D eigenvalue weighted by molar-refractivity contribution is 7.17. The zero-order chi connectivity index (χ0) is 18.4. The second-order valence-electron chi connectivity index (χ2n) is 7.12. The number of hydrogen-bond donors (Lipinski definition) is 1. The van der Waals surface area contributed by atoms with E-state index in [4.69, 9.17) is 0 Å². The number of amides is 1. The van der Waals surface area contributed by atoms with Crippen LogP contribution in [0.15, 0.2) is 24.4 Å². The highest BCUT2D eigenvalue weighted by Gasteiger charge is 2.30. The SMILES string of the molecule is Cc1cn2c(CN(C)C(=O)C3CCCc4c(O)cccc43)c(C)nc2s1. The van der Waals surface area contributed by atoms with Gasteiger partial charge in [-0.15, -0.1) is 11.3 Å². The molecule has 1 amide bonds. The quantitative estimate of drug-likeness (QED) is 0.764. The van der Waals surface area contributed by atoms with Gasteiger partial charge >= 0.3 is 0 Å². The molecule has 4 rings (SSSR count). The third-order valence-corrected chi connectivity index (χ3v) is 6.18. The van der Waals surface area contributed by atoms with E-state index in [-0.39, 0.29) is 11.8 Å². The summed E-state index contributed by atoms with van der Waals surface area (Å²) in [5.74, 6) is 0.242. The largest absolute Gasteiger partial charge is 0.508 e. The molecule has 0 aliphatic heterocycles. The van der Waals surface area contributed by atoms with Crippen LogP contribution in [-0.2, 0) is 17.8 Å². The van der Waals surface area contributed by atoms with E-state index in [1.165, 1.54) is 4.88 Å². The number of thiazole rings is 1. The average molecular weight is 369 g/mol. The average Bonchev–Trinajstić information content (AvgIpc) is 3.10. The monoisotopic (exact) mass is 369 g/mol. The van der Waals surface area contributed by atoms with Gasteiger partial charge < -0.3 is 10.0 Å². The lowest BCUT2D eigenvalue weighted by Crippen LogP contribution is -2.33. The zero-order valence-electron chi connectivity index (χ0n) is 15.3. The smallest absolute Gasteiger partial charge is 0.230 e. The molecular weight excluding hydrogens is 346 g/mol. The third kappa shape index (κ3) is 2.78. The van der Waals surface area contributed by atoms with Gasteiger partial charge in [0.25, 0.3) is 0 Å². The van der Waals surface area contributed by atoms with Crippen molar-refractivity contribution in [2.24, 2.45) is 0 Å². The zero-order valence-corrected chi connectivity index (χ0v) is 16.1. The fourth-order valence-corrected chi connectivity index (χ4v) is 4.84. The Morgan fingerprint density at radius 3 is 3.04 bits per heavy atom. The Bertz CT molecular complexity index is 989. The summed E-state index contributed by atoms with van der Waals surface area (Å²) >= 11 is 1.66. The molecule has 136 valence electrons. The molecule has 1 atom stereocenters. The number of benzene rings is 1. The van der Waals surface area contributed by atoms with Crippen LogP contribution in [0.25, 0.3) is 4.96 Å². The Morgan fingerprint density at radius 1 is 1.42 bits per heavy atom. The number of aryl methyl sites for hydroxylation is 2. The molecule has 2 aromatic heterocycles. The predicted octanol–water partition coefficient (Wildman–Crippen LogP) is 3.80. The molecule has 6 heteroatoms. The van der Waals surface area contributed by atoms with Crippen molar-refractivity contribution in [1.82, 2.24) is 14.3 Å². The lowest BCUT2D eigenvalue weighted by Gasteiger charge is -2.29. The molecule has 2 heterocycles. The molecule has 1 aliphatic rings. The number of hydrogen-bond acceptors (Lipinski definition) is 4. The lowest BCUT2D eigenvalue weighted by molar-refractivity contribution is -0.132. The van der Waals surface area contributed by atoms with E-state index in [2.05, 4.69) is 22.5 Å². The molecule has 26 heavy (non-hydrogen) atoms. The number of rotatable bonds is 3. The molecule has 0 saturated heterocycles. The first-order chi connectivity index (χ1) is 12.5. The van der Waals surface area contributed by atoms with Crippen molar-refractivity contribution in [2.45, 2.75) is 45.6 Å². The first-order valence-corrected chi connectivity index (χ1v) is 9.77. The number of likely N-dealkylation sites (N-methyl/N-ethyl adjacent to an activating group) is 1. The van der Waals surface area contributed by atoms with Crippen molar-refractivity contribution >= 4 is 22.2 Å². The Labute approximate surface area is 156 Å². The number of carbonyl (C=O) groups excluding carboxylic acids is 1. The van der Waals surface area contributed by atoms with Crippen LogP contribution < -0.4 is 0 Å². The number of aromatic nitrogens is 2. The predicted molar refractivity (Wildman–Crippen MR) is 103 cm³/mol. The van der Waals surface area contributed by atoms with Gasteiger partial charge in [-0.3, -0.25) is 9.20 Å². The van der Waals surface area contributed by atoms with Gasteiger partial charge in [0.1, 0.15) is 5.75 Å². The summed E-state index contributed by atoms with van der Waals surface area (Å²) in [5.41, 5.74) is 3.95. The van der Waals surface area contributed by atoms with Gasteiger partial charge in [-0.25, -0.2) is 4.98 Å². The molecule has 5 nitrogen and oxygen atoms in total. The van der Waals surface area contributed by atoms with Gasteiger partial charge in [-0.1, -0.05) is 12.1 Å². The van der Waals surface area contributed by atoms with Gasteiger partial charge in [0.15, 0.2) is 4.96 Å². The molecule has 1 N–H and O–H groups in total. The minimum Gasteiger partial charge on any atom is -0.508 e. The molecule has 0 fully saturated rings. The van der Waals surface area contributed by atoms with Gasteiger partial charge in [0.2, 0.25) is 5.91 Å². The van der Waals surface area contributed by atoms with Gasteiger partial charge in [0, 0.05) is 18.1 Å². The van der Waals surface area contributed by atoms with Crippen molar-refractivity contribution < 1.29 is 9.90 Å². The number of imidazole rings is 1. The minimum absolute atomic E-state index is 0.109. The number of nitrogens with zero attached hydrogens (tertiary/aromatic N) is 3. The molecule has 0 bridgehead atoms. The van der Waals surface area contributed by atoms with Crippen molar-refractivity contribution in [3.63, 3.8) is 0 Å². The van der Waals surface area contributed by atoms with E-state index in [0.29, 0.717) is 12.3 Å². The minimum atomic E-state index is -0.177. The van der Waals surface area contributed by atoms with Crippen LogP contribution in [0.1, 0.15) is 46.2 Å². The Balaban J connectivity index is 1.61. The normalized spacial score (nSPS) is 16.7. The van der Waals surface area contributed by atoms with Crippen LogP contribution in [0.3, 0.4) is 0 Å². The van der Waals surface area contributed by atoms with Crippen LogP contribution in [0.5, 0.6) is 5.75 Å². The summed E-state index contributed by atoms with van der Waals surface area (Å²) in [6.45, 7) is 4.60. The van der Waals surface area contributed by atoms with Crippen molar-refractivity contribution in [1.29, 1.82) is 0 Å². The van der Waals surface area contributed by atoms with E-state index in [9.17, 15) is 9.90 Å². The maximum Gasteiger partial charge on any atom is 0.230 e. The molecule has 0 radical (unpaired) electrons. The molecule has 3 aromatic rings. The van der Waals surface area contributed by atoms with Crippen molar-refractivity contribution in [3.8, 4) is 5.75 Å². The van der Waals surface area contributed by atoms with Crippen LogP contribution in [0, 0.1) is 13.8 Å². The standard InChI is InChI=1S/C20H23N3O2S/c1-12-10-23-17(13(2)21-20(23)26-12)11-22(3)19(25)16-8-4-7-15-14(16)6-5-9-18(15)24/h5-6,9-10,16,24H,4,7-8,11H2,1-3H3. The molecular formula is C20H23N3O2S. The summed E-state index contributed by atoms with van der Waals surface area (Å²) in [4.78, 5) is 21.8. The maximum absolute atomic E-state index is 13.2. The Morgan fingerprint density at radius 2 is 2.23 bits per heavy atom. The maximum atomic E-state index is 13.2. The van der Waals surface area contributed by atoms with E-state index >= 15 is 0 Å². The number of fused-ring (bicyclic) bond motifs is 2. The van der Waals surface area contributed by atoms with Crippen LogP contribution in [-0.4, -0.2) is 32.3 Å². The molecule has 1 aromatic carbocycles. The third-order valence-electron chi connectivity index (χ3n) is 5.28. The van der Waals surface area contributed by atoms with E-state index in [0.717, 1.165) is 46.7 Å². The second kappa shape index (κ2) is 6.43. The van der Waals surface area contributed by atoms with Gasteiger partial charge in [-0.05, 0) is 50.3 Å². The van der Waals surface area contributed by atoms with E-state index in [1.54, 1.807) is 22.3 Å². The fraction of sp³-hybridized carbons (Fsp3) is 0.400. The lowest BCUT2D eigenvalue weighted by atomic mass is 9.81. The number of phenols is 1. The summed E-state index contributed by atoms with van der Waals surface area (Å²) < 4.78 is 2.10. The summed E-state index contributed by atoms with van der Waals surface area (Å²) in [6, 6.07) is 5.52. The topological polar surface area (TPSA) is 57.8 Å². The number of carbonyl (C=O) groups is 1. The fourth-order valence-electron chi connectivity index (χ4n) is 3.95. The van der Waals surface area contributed by atoms with Gasteiger partial charge in [-0.2, -0.15) is 0 Å². The Hall–Kier alpha value is -2.34. The highest BCUT2D eigenvalue weighted by atomic mass is 32.1. The highest BCUT2D eigenvalue weighted by Crippen LogP contribution is 2.37. The van der Waals surface area contributed by atoms with E-state index < -0.39 is 0 Å². The van der Waals surface area contributed by atoms with Crippen molar-refractivity contribution in [3.05, 3.63) is 51.8 Å². The summed E-state index contributed by atoms with van der Waals surface area (Å²) in [6.07, 6.45) is 4.68. The summed E-state index contributed by atoms with van der Waals surface area (Å²) in [5, 5.41) is 10.1. The second-order valence-corrected chi connectivity index (χ2v) is 8.34. The van der Waals surface area contributed by atoms with Crippen LogP contribution >= 0.6 is 11.3 Å². The summed E-state index contributed by atoms with van der Waals surface area (Å²) in [7, 11) is 1.86. The Kier molecular flexibility index (Phi) is 4.23. The van der Waals surface area contributed by atoms with Gasteiger partial charge in [0.05, 0.1) is 23.9 Å². The molecule has 1 unspecified atom stereocenters. The van der Waals surface area contributed by atoms with Crippen molar-refractivity contribution in [2.75, 3.05) is 7.05 Å². The first-order valence-electron chi connectivity index (χ1n) is 8.95. The molecule has 0 saturated carbocycles.